The summed E-state index contributed by atoms with van der Waals surface area (Å²) < 4.78 is 5.40. The fraction of sp³-hybridized carbons (Fsp3) is 0.565. The van der Waals surface area contributed by atoms with Crippen LogP contribution in [0.25, 0.3) is 10.9 Å². The Labute approximate surface area is 176 Å². The summed E-state index contributed by atoms with van der Waals surface area (Å²) in [5.74, 6) is 0.126. The van der Waals surface area contributed by atoms with Crippen molar-refractivity contribution in [1.29, 1.82) is 0 Å². The van der Waals surface area contributed by atoms with Gasteiger partial charge in [0.25, 0.3) is 0 Å². The summed E-state index contributed by atoms with van der Waals surface area (Å²) in [5.41, 5.74) is 2.76. The van der Waals surface area contributed by atoms with E-state index in [1.807, 2.05) is 30.9 Å². The smallest absolute Gasteiger partial charge is 0.246 e. The summed E-state index contributed by atoms with van der Waals surface area (Å²) in [6, 6.07) is 7.78. The summed E-state index contributed by atoms with van der Waals surface area (Å²) >= 11 is 0. The number of piperazine rings is 1. The number of nitrogens with one attached hydrogen (secondary N) is 1. The number of ether oxygens (including phenoxy) is 1. The molecule has 0 radical (unpaired) electrons. The highest BCUT2D eigenvalue weighted by Crippen LogP contribution is 2.42. The Hall–Kier alpha value is -2.38. The highest BCUT2D eigenvalue weighted by atomic mass is 16.5. The highest BCUT2D eigenvalue weighted by Gasteiger charge is 2.51. The average Bonchev–Trinajstić information content (AvgIpc) is 3.12. The van der Waals surface area contributed by atoms with Crippen LogP contribution in [0.15, 0.2) is 24.3 Å². The van der Waals surface area contributed by atoms with Crippen LogP contribution in [0.4, 0.5) is 0 Å². The molecule has 0 bridgehead atoms. The van der Waals surface area contributed by atoms with Gasteiger partial charge in [0, 0.05) is 49.2 Å². The molecule has 30 heavy (non-hydrogen) atoms. The minimum absolute atomic E-state index is 0.0419. The Balaban J connectivity index is 1.37. The van der Waals surface area contributed by atoms with Crippen molar-refractivity contribution in [3.63, 3.8) is 0 Å². The molecule has 0 aliphatic carbocycles. The fourth-order valence-corrected chi connectivity index (χ4v) is 5.44. The Morgan fingerprint density at radius 1 is 1.13 bits per heavy atom. The van der Waals surface area contributed by atoms with E-state index in [4.69, 9.17) is 4.74 Å². The molecule has 7 heteroatoms. The van der Waals surface area contributed by atoms with Crippen molar-refractivity contribution < 1.29 is 14.3 Å². The predicted molar refractivity (Wildman–Crippen MR) is 114 cm³/mol. The summed E-state index contributed by atoms with van der Waals surface area (Å²) in [7, 11) is 0. The Bertz CT molecular complexity index is 976. The highest BCUT2D eigenvalue weighted by molar-refractivity contribution is 5.97. The number of para-hydroxylation sites is 1. The first-order chi connectivity index (χ1) is 14.5. The van der Waals surface area contributed by atoms with Crippen molar-refractivity contribution in [2.24, 2.45) is 0 Å². The Morgan fingerprint density at radius 3 is 2.70 bits per heavy atom. The van der Waals surface area contributed by atoms with Crippen LogP contribution in [-0.4, -0.2) is 83.5 Å². The topological polar surface area (TPSA) is 68.9 Å². The third-order valence-electron chi connectivity index (χ3n) is 6.93. The second-order valence-electron chi connectivity index (χ2n) is 9.13. The van der Waals surface area contributed by atoms with Crippen LogP contribution < -0.4 is 0 Å². The molecule has 2 amide bonds. The van der Waals surface area contributed by atoms with Gasteiger partial charge in [0.2, 0.25) is 11.8 Å². The molecule has 2 saturated heterocycles. The maximum atomic E-state index is 13.4. The largest absolute Gasteiger partial charge is 0.379 e. The summed E-state index contributed by atoms with van der Waals surface area (Å²) in [6.07, 6.45) is 1.46. The third-order valence-corrected chi connectivity index (χ3v) is 6.93. The van der Waals surface area contributed by atoms with Crippen LogP contribution in [-0.2, 0) is 26.3 Å². The molecule has 0 saturated carbocycles. The molecule has 1 aromatic heterocycles. The lowest BCUT2D eigenvalue weighted by molar-refractivity contribution is -0.163. The third kappa shape index (κ3) is 3.11. The van der Waals surface area contributed by atoms with Gasteiger partial charge in [-0.1, -0.05) is 18.2 Å². The van der Waals surface area contributed by atoms with Gasteiger partial charge in [-0.3, -0.25) is 14.5 Å². The number of rotatable bonds is 4. The SMILES string of the molecule is CC1(C)c2[nH]c3ccccc3c2CC2C(=O)N(CCCN3CCOCC3)CC(=O)N21. The average molecular weight is 411 g/mol. The van der Waals surface area contributed by atoms with Gasteiger partial charge in [-0.2, -0.15) is 0 Å². The standard InChI is InChI=1S/C23H30N4O3/c1-23(2)21-17(16-6-3-4-7-18(16)24-21)14-19-22(29)26(15-20(28)27(19)23)9-5-8-25-10-12-30-13-11-25/h3-4,6-7,19,24H,5,8-15H2,1-2H3. The lowest BCUT2D eigenvalue weighted by atomic mass is 9.82. The number of benzene rings is 1. The summed E-state index contributed by atoms with van der Waals surface area (Å²) in [5, 5.41) is 1.16. The van der Waals surface area contributed by atoms with Crippen molar-refractivity contribution in [3.8, 4) is 0 Å². The zero-order chi connectivity index (χ0) is 20.9. The molecule has 1 aromatic carbocycles. The number of carbonyl (C=O) groups excluding carboxylic acids is 2. The first-order valence-electron chi connectivity index (χ1n) is 11.0. The van der Waals surface area contributed by atoms with Crippen molar-refractivity contribution >= 4 is 22.7 Å². The van der Waals surface area contributed by atoms with Gasteiger partial charge in [0.05, 0.1) is 25.3 Å². The summed E-state index contributed by atoms with van der Waals surface area (Å²) in [4.78, 5) is 36.1. The van der Waals surface area contributed by atoms with E-state index in [9.17, 15) is 9.59 Å². The maximum absolute atomic E-state index is 13.4. The maximum Gasteiger partial charge on any atom is 0.246 e. The molecule has 160 valence electrons. The van der Waals surface area contributed by atoms with E-state index >= 15 is 0 Å². The molecular formula is C23H30N4O3. The second-order valence-corrected chi connectivity index (χ2v) is 9.13. The molecule has 5 rings (SSSR count). The van der Waals surface area contributed by atoms with Gasteiger partial charge in [0.15, 0.2) is 0 Å². The minimum atomic E-state index is -0.538. The van der Waals surface area contributed by atoms with Crippen molar-refractivity contribution in [2.45, 2.75) is 38.3 Å². The molecule has 7 nitrogen and oxygen atoms in total. The molecule has 4 heterocycles. The molecular weight excluding hydrogens is 380 g/mol. The molecule has 1 atom stereocenters. The fourth-order valence-electron chi connectivity index (χ4n) is 5.44. The molecule has 3 aliphatic rings. The molecule has 2 fully saturated rings. The number of hydrogen-bond donors (Lipinski definition) is 1. The number of amides is 2. The molecule has 0 spiro atoms. The zero-order valence-electron chi connectivity index (χ0n) is 17.8. The van der Waals surface area contributed by atoms with Crippen LogP contribution in [0.2, 0.25) is 0 Å². The number of hydrogen-bond acceptors (Lipinski definition) is 4. The number of fused-ring (bicyclic) bond motifs is 4. The quantitative estimate of drug-likeness (QED) is 0.833. The van der Waals surface area contributed by atoms with Crippen LogP contribution in [0.5, 0.6) is 0 Å². The van der Waals surface area contributed by atoms with E-state index in [1.165, 1.54) is 5.56 Å². The first kappa shape index (κ1) is 19.6. The number of H-pyrrole nitrogens is 1. The lowest BCUT2D eigenvalue weighted by Gasteiger charge is -2.51. The zero-order valence-corrected chi connectivity index (χ0v) is 17.8. The lowest BCUT2D eigenvalue weighted by Crippen LogP contribution is -2.67. The second kappa shape index (κ2) is 7.39. The molecule has 3 aliphatic heterocycles. The van der Waals surface area contributed by atoms with Gasteiger partial charge >= 0.3 is 0 Å². The normalized spacial score (nSPS) is 24.3. The monoisotopic (exact) mass is 410 g/mol. The van der Waals surface area contributed by atoms with Crippen LogP contribution in [0, 0.1) is 0 Å². The van der Waals surface area contributed by atoms with Crippen LogP contribution in [0.1, 0.15) is 31.5 Å². The molecule has 1 N–H and O–H groups in total. The number of morpholine rings is 1. The van der Waals surface area contributed by atoms with E-state index in [1.54, 1.807) is 4.90 Å². The van der Waals surface area contributed by atoms with Crippen molar-refractivity contribution in [2.75, 3.05) is 45.9 Å². The molecule has 1 unspecified atom stereocenters. The van der Waals surface area contributed by atoms with Crippen molar-refractivity contribution in [1.82, 2.24) is 19.7 Å². The van der Waals surface area contributed by atoms with Gasteiger partial charge in [-0.05, 0) is 31.9 Å². The summed E-state index contributed by atoms with van der Waals surface area (Å²) in [6.45, 7) is 9.29. The van der Waals surface area contributed by atoms with E-state index in [0.717, 1.165) is 55.9 Å². The van der Waals surface area contributed by atoms with E-state index in [-0.39, 0.29) is 18.4 Å². The van der Waals surface area contributed by atoms with Gasteiger partial charge < -0.3 is 19.5 Å². The number of carbonyl (C=O) groups is 2. The van der Waals surface area contributed by atoms with Gasteiger partial charge in [-0.15, -0.1) is 0 Å². The van der Waals surface area contributed by atoms with E-state index in [2.05, 4.69) is 22.0 Å². The van der Waals surface area contributed by atoms with Gasteiger partial charge in [0.1, 0.15) is 6.04 Å². The van der Waals surface area contributed by atoms with Crippen molar-refractivity contribution in [3.05, 3.63) is 35.5 Å². The minimum Gasteiger partial charge on any atom is -0.379 e. The van der Waals surface area contributed by atoms with Crippen LogP contribution in [0.3, 0.4) is 0 Å². The van der Waals surface area contributed by atoms with E-state index in [0.29, 0.717) is 13.0 Å². The Kier molecular flexibility index (Phi) is 4.82. The number of nitrogens with zero attached hydrogens (tertiary/aromatic N) is 3. The first-order valence-corrected chi connectivity index (χ1v) is 11.0. The predicted octanol–water partition coefficient (Wildman–Crippen LogP) is 1.72. The van der Waals surface area contributed by atoms with Gasteiger partial charge in [-0.25, -0.2) is 0 Å². The van der Waals surface area contributed by atoms with Crippen LogP contribution >= 0.6 is 0 Å². The van der Waals surface area contributed by atoms with E-state index < -0.39 is 11.6 Å². The number of aromatic amines is 1. The number of aromatic nitrogens is 1. The molecule has 2 aromatic rings. The Morgan fingerprint density at radius 2 is 1.90 bits per heavy atom.